The summed E-state index contributed by atoms with van der Waals surface area (Å²) in [7, 11) is -2.09. The molecule has 0 heterocycles. The number of aryl methyl sites for hydroxylation is 6. The second-order valence-corrected chi connectivity index (χ2v) is 24.0. The molecule has 0 radical (unpaired) electrons. The second kappa shape index (κ2) is 15.6. The van der Waals surface area contributed by atoms with Crippen molar-refractivity contribution in [3.05, 3.63) is 80.9 Å². The molecule has 4 rings (SSSR count). The van der Waals surface area contributed by atoms with Crippen LogP contribution in [0.25, 0.3) is 21.5 Å². The molecule has 0 saturated heterocycles. The van der Waals surface area contributed by atoms with Gasteiger partial charge in [0, 0.05) is 16.1 Å². The van der Waals surface area contributed by atoms with Crippen molar-refractivity contribution in [2.75, 3.05) is 0 Å². The van der Waals surface area contributed by atoms with Crippen LogP contribution in [0.5, 0.6) is 0 Å². The van der Waals surface area contributed by atoms with Gasteiger partial charge in [0.15, 0.2) is 0 Å². The van der Waals surface area contributed by atoms with Crippen LogP contribution in [0, 0.1) is 41.5 Å². The summed E-state index contributed by atoms with van der Waals surface area (Å²) in [5.74, 6) is 0. The maximum atomic E-state index is 2.45. The van der Waals surface area contributed by atoms with Gasteiger partial charge < -0.3 is 24.8 Å². The quantitative estimate of drug-likeness (QED) is 0.221. The molecular weight excluding hydrogens is 694 g/mol. The molecule has 0 N–H and O–H groups in total. The van der Waals surface area contributed by atoms with E-state index in [0.29, 0.717) is 0 Å². The van der Waals surface area contributed by atoms with E-state index in [1.807, 2.05) is 0 Å². The third kappa shape index (κ3) is 9.77. The van der Waals surface area contributed by atoms with Gasteiger partial charge in [0.25, 0.3) is 0 Å². The van der Waals surface area contributed by atoms with E-state index >= 15 is 0 Å². The van der Waals surface area contributed by atoms with Crippen LogP contribution in [0.4, 0.5) is 0 Å². The summed E-state index contributed by atoms with van der Waals surface area (Å²) in [6, 6.07) is 16.6. The van der Waals surface area contributed by atoms with Crippen molar-refractivity contribution in [3.63, 3.8) is 0 Å². The van der Waals surface area contributed by atoms with E-state index in [9.17, 15) is 0 Å². The van der Waals surface area contributed by atoms with E-state index < -0.39 is 16.1 Å². The Balaban J connectivity index is 0. The Kier molecular flexibility index (Phi) is 16.7. The number of rotatable bonds is 4. The van der Waals surface area contributed by atoms with Crippen LogP contribution in [-0.2, 0) is 64.5 Å². The van der Waals surface area contributed by atoms with Gasteiger partial charge in [-0.25, -0.2) is 0 Å². The smallest absolute Gasteiger partial charge is 1.00 e. The van der Waals surface area contributed by atoms with Gasteiger partial charge in [0.2, 0.25) is 0 Å². The Bertz CT molecular complexity index is 1230. The van der Waals surface area contributed by atoms with Crippen molar-refractivity contribution in [2.45, 2.75) is 92.9 Å². The van der Waals surface area contributed by atoms with Crippen molar-refractivity contribution in [3.8, 4) is 0 Å². The van der Waals surface area contributed by atoms with Crippen molar-refractivity contribution in [1.82, 2.24) is 0 Å². The molecule has 0 aliphatic carbocycles. The van der Waals surface area contributed by atoms with Gasteiger partial charge in [-0.3, -0.25) is 0 Å². The first kappa shape index (κ1) is 40.6. The molecule has 0 aliphatic heterocycles. The van der Waals surface area contributed by atoms with Crippen LogP contribution in [0.3, 0.4) is 0 Å². The van der Waals surface area contributed by atoms with Gasteiger partial charge in [-0.15, -0.1) is 68.1 Å². The second-order valence-electron chi connectivity index (χ2n) is 13.0. The van der Waals surface area contributed by atoms with Crippen molar-refractivity contribution in [2.24, 2.45) is 0 Å². The average molecular weight is 740 g/mol. The molecule has 0 amide bonds. The molecule has 6 heteroatoms. The van der Waals surface area contributed by atoms with Gasteiger partial charge in [-0.2, -0.15) is 11.1 Å². The summed E-state index contributed by atoms with van der Waals surface area (Å²) in [5.41, 5.74) is 11.8. The Hall–Kier alpha value is 0.440. The Morgan fingerprint density at radius 2 is 0.816 bits per heavy atom. The molecule has 38 heavy (non-hydrogen) atoms. The summed E-state index contributed by atoms with van der Waals surface area (Å²) in [5, 5.41) is 6.00. The molecule has 0 atom stereocenters. The molecule has 4 aromatic rings. The molecule has 0 unspecified atom stereocenters. The van der Waals surface area contributed by atoms with Crippen molar-refractivity contribution < 1.29 is 77.2 Å². The van der Waals surface area contributed by atoms with E-state index in [-0.39, 0.29) is 77.2 Å². The number of halogens is 2. The van der Waals surface area contributed by atoms with Crippen LogP contribution < -0.4 is 24.8 Å². The van der Waals surface area contributed by atoms with Crippen LogP contribution in [-0.4, -0.2) is 16.1 Å². The van der Waals surface area contributed by atoms with Gasteiger partial charge in [0.1, 0.15) is 0 Å². The summed E-state index contributed by atoms with van der Waals surface area (Å²) < 4.78 is 0. The minimum absolute atomic E-state index is 0. The zero-order valence-electron chi connectivity index (χ0n) is 25.6. The summed E-state index contributed by atoms with van der Waals surface area (Å²) >= 11 is 0. The fraction of sp³-hybridized carbons (Fsp3) is 0.438. The van der Waals surface area contributed by atoms with Crippen LogP contribution >= 0.6 is 0 Å². The zero-order valence-corrected chi connectivity index (χ0v) is 34.1. The Morgan fingerprint density at radius 1 is 0.526 bits per heavy atom. The number of hydrogen-bond acceptors (Lipinski definition) is 0. The molecule has 0 nitrogen and oxygen atoms in total. The van der Waals surface area contributed by atoms with Gasteiger partial charge in [-0.1, -0.05) is 104 Å². The first-order valence-electron chi connectivity index (χ1n) is 12.9. The largest absolute Gasteiger partial charge is 2.00 e. The van der Waals surface area contributed by atoms with Crippen LogP contribution in [0.1, 0.15) is 44.5 Å². The number of fused-ring (bicyclic) bond motifs is 2. The van der Waals surface area contributed by atoms with E-state index in [0.717, 1.165) is 0 Å². The van der Waals surface area contributed by atoms with E-state index in [4.69, 9.17) is 0 Å². The number of hydrogen-bond donors (Lipinski definition) is 0. The monoisotopic (exact) mass is 736 g/mol. The van der Waals surface area contributed by atoms with Crippen molar-refractivity contribution in [1.29, 1.82) is 0 Å². The maximum Gasteiger partial charge on any atom is 2.00 e. The van der Waals surface area contributed by atoms with Crippen LogP contribution in [0.2, 0.25) is 39.3 Å². The molecular formula is C32H46Cl2Si2Zr2. The minimum atomic E-state index is -1.05. The zero-order chi connectivity index (χ0) is 25.6. The van der Waals surface area contributed by atoms with E-state index in [1.54, 1.807) is 11.1 Å². The molecule has 4 aromatic carbocycles. The molecule has 0 saturated carbocycles. The fourth-order valence-electron chi connectivity index (χ4n) is 5.28. The van der Waals surface area contributed by atoms with Crippen LogP contribution in [0.15, 0.2) is 36.4 Å². The maximum absolute atomic E-state index is 2.45. The van der Waals surface area contributed by atoms with Gasteiger partial charge >= 0.3 is 52.4 Å². The van der Waals surface area contributed by atoms with E-state index in [1.165, 1.54) is 67.0 Å². The Labute approximate surface area is 286 Å². The Morgan fingerprint density at radius 3 is 1.08 bits per heavy atom. The first-order valence-corrected chi connectivity index (χ1v) is 20.3. The average Bonchev–Trinajstić information content (AvgIpc) is 3.17. The molecule has 0 bridgehead atoms. The third-order valence-electron chi connectivity index (χ3n) is 7.20. The molecule has 0 spiro atoms. The van der Waals surface area contributed by atoms with Gasteiger partial charge in [-0.05, 0) is 12.1 Å². The molecule has 204 valence electrons. The fourth-order valence-corrected chi connectivity index (χ4v) is 8.15. The topological polar surface area (TPSA) is 0 Å². The van der Waals surface area contributed by atoms with Crippen molar-refractivity contribution >= 4 is 37.7 Å². The first-order chi connectivity index (χ1) is 15.6. The summed E-state index contributed by atoms with van der Waals surface area (Å²) in [6.07, 6.45) is 0. The summed E-state index contributed by atoms with van der Waals surface area (Å²) in [4.78, 5) is 0. The normalized spacial score (nSPS) is 11.1. The van der Waals surface area contributed by atoms with Gasteiger partial charge in [0.05, 0.1) is 0 Å². The molecule has 0 aliphatic rings. The predicted octanol–water partition coefficient (Wildman–Crippen LogP) is 3.81. The molecule has 0 fully saturated rings. The minimum Gasteiger partial charge on any atom is -1.00 e. The molecule has 0 aromatic heterocycles. The third-order valence-corrected chi connectivity index (χ3v) is 10.1. The number of benzene rings is 2. The standard InChI is InChI=1S/2C16H23Si.2ClH.2Zr/c2*1-11-7-8-14(10-17(4,5)6)16-13(3)12(2)9-15(11)16;;;;/h2*7-9H,10H2,1-6H3;2*1H;;/q2*-1;;;2*+2/p-2. The SMILES string of the molecule is Cc1[cH-]c2c(C)ccc(C[Si](C)(C)C)c2c1C.Cc1[cH-]c2c(C)ccc(C[Si](C)(C)C)c2c1C.[Cl-].[Cl-].[Zr+2].[Zr+2]. The summed E-state index contributed by atoms with van der Waals surface area (Å²) in [6.45, 7) is 28.1. The van der Waals surface area contributed by atoms with E-state index in [2.05, 4.69) is 117 Å². The predicted molar refractivity (Wildman–Crippen MR) is 162 cm³/mol.